The molecule has 3 aromatic rings. The number of sulfonamides is 1. The molecular formula is C18H21N5O3S2. The van der Waals surface area contributed by atoms with Gasteiger partial charge in [-0.05, 0) is 39.3 Å². The highest BCUT2D eigenvalue weighted by Gasteiger charge is 2.37. The summed E-state index contributed by atoms with van der Waals surface area (Å²) in [5.41, 5.74) is 3.06. The lowest BCUT2D eigenvalue weighted by molar-refractivity contribution is 0.389. The van der Waals surface area contributed by atoms with Crippen LogP contribution in [0.5, 0.6) is 0 Å². The largest absolute Gasteiger partial charge is 0.360 e. The smallest absolute Gasteiger partial charge is 0.248 e. The molecule has 1 unspecified atom stereocenters. The summed E-state index contributed by atoms with van der Waals surface area (Å²) in [5, 5.41) is 9.78. The third-order valence-electron chi connectivity index (χ3n) is 4.79. The summed E-state index contributed by atoms with van der Waals surface area (Å²) in [5.74, 6) is 0.358. The van der Waals surface area contributed by atoms with E-state index < -0.39 is 10.0 Å². The number of hydrogen-bond acceptors (Lipinski definition) is 8. The number of nitrogens with one attached hydrogen (secondary N) is 1. The second-order valence-electron chi connectivity index (χ2n) is 6.89. The number of anilines is 2. The van der Waals surface area contributed by atoms with Crippen LogP contribution in [0.1, 0.15) is 35.2 Å². The molecular weight excluding hydrogens is 398 g/mol. The van der Waals surface area contributed by atoms with Gasteiger partial charge in [0.15, 0.2) is 10.9 Å². The molecule has 148 valence electrons. The maximum absolute atomic E-state index is 13.0. The van der Waals surface area contributed by atoms with Gasteiger partial charge in [0.1, 0.15) is 10.6 Å². The predicted molar refractivity (Wildman–Crippen MR) is 106 cm³/mol. The fourth-order valence-electron chi connectivity index (χ4n) is 3.54. The monoisotopic (exact) mass is 419 g/mol. The number of aromatic nitrogens is 3. The van der Waals surface area contributed by atoms with E-state index >= 15 is 0 Å². The minimum absolute atomic E-state index is 0.0343. The number of thiazole rings is 1. The van der Waals surface area contributed by atoms with Crippen LogP contribution < -0.4 is 5.32 Å². The Labute approximate surface area is 167 Å². The number of hydrogen-bond donors (Lipinski definition) is 1. The molecule has 0 aliphatic carbocycles. The van der Waals surface area contributed by atoms with Crippen molar-refractivity contribution in [2.75, 3.05) is 18.4 Å². The van der Waals surface area contributed by atoms with Gasteiger partial charge in [-0.2, -0.15) is 4.31 Å². The Hall–Kier alpha value is -2.30. The van der Waals surface area contributed by atoms with E-state index in [1.807, 2.05) is 24.4 Å². The van der Waals surface area contributed by atoms with E-state index in [0.29, 0.717) is 24.5 Å². The first kappa shape index (κ1) is 19.0. The van der Waals surface area contributed by atoms with E-state index in [9.17, 15) is 8.42 Å². The zero-order chi connectivity index (χ0) is 19.9. The molecule has 0 spiro atoms. The van der Waals surface area contributed by atoms with E-state index in [2.05, 4.69) is 20.4 Å². The number of nitrogens with zero attached hydrogens (tertiary/aromatic N) is 4. The molecule has 28 heavy (non-hydrogen) atoms. The minimum Gasteiger partial charge on any atom is -0.360 e. The molecule has 10 heteroatoms. The Morgan fingerprint density at radius 3 is 2.79 bits per heavy atom. The van der Waals surface area contributed by atoms with Gasteiger partial charge in [-0.1, -0.05) is 5.16 Å². The predicted octanol–water partition coefficient (Wildman–Crippen LogP) is 3.37. The Bertz CT molecular complexity index is 1070. The molecule has 1 aliphatic rings. The van der Waals surface area contributed by atoms with Crippen LogP contribution >= 0.6 is 11.3 Å². The van der Waals surface area contributed by atoms with Gasteiger partial charge >= 0.3 is 0 Å². The number of pyridine rings is 1. The Morgan fingerprint density at radius 2 is 2.11 bits per heavy atom. The maximum atomic E-state index is 13.0. The normalized spacial score (nSPS) is 17.9. The van der Waals surface area contributed by atoms with Gasteiger partial charge in [0, 0.05) is 47.7 Å². The summed E-state index contributed by atoms with van der Waals surface area (Å²) >= 11 is 1.52. The zero-order valence-electron chi connectivity index (χ0n) is 15.8. The number of rotatable bonds is 5. The first-order valence-electron chi connectivity index (χ1n) is 8.92. The fourth-order valence-corrected chi connectivity index (χ4v) is 5.88. The van der Waals surface area contributed by atoms with Gasteiger partial charge in [0.05, 0.1) is 0 Å². The van der Waals surface area contributed by atoms with Crippen molar-refractivity contribution in [3.63, 3.8) is 0 Å². The third-order valence-corrected chi connectivity index (χ3v) is 7.59. The molecule has 1 atom stereocenters. The Morgan fingerprint density at radius 1 is 1.29 bits per heavy atom. The summed E-state index contributed by atoms with van der Waals surface area (Å²) in [6.45, 7) is 6.04. The average Bonchev–Trinajstić information content (AvgIpc) is 3.36. The van der Waals surface area contributed by atoms with Gasteiger partial charge in [0.2, 0.25) is 10.0 Å². The molecule has 1 fully saturated rings. The van der Waals surface area contributed by atoms with Crippen molar-refractivity contribution >= 4 is 32.2 Å². The van der Waals surface area contributed by atoms with Gasteiger partial charge < -0.3 is 9.84 Å². The van der Waals surface area contributed by atoms with Crippen LogP contribution in [-0.2, 0) is 10.0 Å². The molecule has 1 N–H and O–H groups in total. The van der Waals surface area contributed by atoms with Crippen LogP contribution in [-0.4, -0.2) is 40.9 Å². The van der Waals surface area contributed by atoms with Crippen LogP contribution in [0.3, 0.4) is 0 Å². The average molecular weight is 420 g/mol. The summed E-state index contributed by atoms with van der Waals surface area (Å²) in [6, 6.07) is 3.93. The molecule has 8 nitrogen and oxygen atoms in total. The molecule has 0 amide bonds. The second kappa shape index (κ2) is 7.26. The molecule has 4 heterocycles. The lowest BCUT2D eigenvalue weighted by atomic mass is 10.0. The quantitative estimate of drug-likeness (QED) is 0.676. The summed E-state index contributed by atoms with van der Waals surface area (Å²) in [6.07, 6.45) is 2.46. The van der Waals surface area contributed by atoms with Crippen molar-refractivity contribution < 1.29 is 12.9 Å². The van der Waals surface area contributed by atoms with E-state index in [0.717, 1.165) is 28.6 Å². The topological polar surface area (TPSA) is 101 Å². The lowest BCUT2D eigenvalue weighted by Gasteiger charge is -2.17. The highest BCUT2D eigenvalue weighted by molar-refractivity contribution is 7.89. The first-order chi connectivity index (χ1) is 13.3. The molecule has 0 bridgehead atoms. The maximum Gasteiger partial charge on any atom is 0.248 e. The zero-order valence-corrected chi connectivity index (χ0v) is 17.5. The van der Waals surface area contributed by atoms with Crippen molar-refractivity contribution in [3.8, 4) is 0 Å². The van der Waals surface area contributed by atoms with Crippen LogP contribution in [0.15, 0.2) is 33.1 Å². The van der Waals surface area contributed by atoms with Crippen molar-refractivity contribution in [2.45, 2.75) is 38.0 Å². The standard InChI is InChI=1S/C18H21N5O3S2/c1-11-8-15(21-18-19-5-7-27-18)9-16(20-11)14-4-6-23(10-14)28(24,25)17-12(2)22-26-13(17)3/h5,7-9,14H,4,6,10H2,1-3H3,(H,19,20,21). The van der Waals surface area contributed by atoms with Crippen molar-refractivity contribution in [1.82, 2.24) is 19.4 Å². The number of aryl methyl sites for hydroxylation is 3. The minimum atomic E-state index is -3.63. The molecule has 3 aromatic heterocycles. The van der Waals surface area contributed by atoms with Crippen molar-refractivity contribution in [1.29, 1.82) is 0 Å². The SMILES string of the molecule is Cc1cc(Nc2nccs2)cc(C2CCN(S(=O)(=O)c3c(C)noc3C)C2)n1. The summed E-state index contributed by atoms with van der Waals surface area (Å²) in [7, 11) is -3.63. The first-order valence-corrected chi connectivity index (χ1v) is 11.2. The van der Waals surface area contributed by atoms with E-state index in [1.165, 1.54) is 15.6 Å². The van der Waals surface area contributed by atoms with Crippen molar-refractivity contribution in [2.24, 2.45) is 0 Å². The second-order valence-corrected chi connectivity index (χ2v) is 9.66. The Balaban J connectivity index is 1.57. The van der Waals surface area contributed by atoms with Crippen LogP contribution in [0, 0.1) is 20.8 Å². The highest BCUT2D eigenvalue weighted by atomic mass is 32.2. The van der Waals surface area contributed by atoms with E-state index in [4.69, 9.17) is 4.52 Å². The van der Waals surface area contributed by atoms with Gasteiger partial charge in [-0.3, -0.25) is 4.98 Å². The van der Waals surface area contributed by atoms with Gasteiger partial charge in [0.25, 0.3) is 0 Å². The lowest BCUT2D eigenvalue weighted by Crippen LogP contribution is -2.29. The molecule has 0 aromatic carbocycles. The third kappa shape index (κ3) is 3.54. The molecule has 4 rings (SSSR count). The van der Waals surface area contributed by atoms with Crippen LogP contribution in [0.4, 0.5) is 10.8 Å². The molecule has 1 saturated heterocycles. The van der Waals surface area contributed by atoms with Gasteiger partial charge in [-0.15, -0.1) is 11.3 Å². The highest BCUT2D eigenvalue weighted by Crippen LogP contribution is 2.33. The van der Waals surface area contributed by atoms with E-state index in [1.54, 1.807) is 20.0 Å². The molecule has 0 saturated carbocycles. The van der Waals surface area contributed by atoms with Gasteiger partial charge in [-0.25, -0.2) is 13.4 Å². The fraction of sp³-hybridized carbons (Fsp3) is 0.389. The van der Waals surface area contributed by atoms with Crippen LogP contribution in [0.2, 0.25) is 0 Å². The molecule has 0 radical (unpaired) electrons. The molecule has 1 aliphatic heterocycles. The van der Waals surface area contributed by atoms with E-state index in [-0.39, 0.29) is 10.8 Å². The Kier molecular flexibility index (Phi) is 4.94. The van der Waals surface area contributed by atoms with Crippen LogP contribution in [0.25, 0.3) is 0 Å². The summed E-state index contributed by atoms with van der Waals surface area (Å²) in [4.78, 5) is 9.07. The van der Waals surface area contributed by atoms with Crippen molar-refractivity contribution in [3.05, 3.63) is 46.6 Å². The summed E-state index contributed by atoms with van der Waals surface area (Å²) < 4.78 is 32.6.